The normalized spacial score (nSPS) is 18.7. The number of rotatable bonds is 4. The molecule has 0 spiro atoms. The minimum atomic E-state index is -3.12. The van der Waals surface area contributed by atoms with Gasteiger partial charge >= 0.3 is 0 Å². The Kier molecular flexibility index (Phi) is 5.39. The molecular weight excluding hydrogens is 370 g/mol. The largest absolute Gasteiger partial charge is 0.304 e. The number of hydrogen-bond donors (Lipinski definition) is 0. The molecule has 0 bridgehead atoms. The summed E-state index contributed by atoms with van der Waals surface area (Å²) in [5, 5.41) is 0.557. The monoisotopic (exact) mass is 391 g/mol. The summed E-state index contributed by atoms with van der Waals surface area (Å²) in [5.74, 6) is -0.0630. The van der Waals surface area contributed by atoms with E-state index in [9.17, 15) is 13.2 Å². The maximum Gasteiger partial charge on any atom is 0.258 e. The quantitative estimate of drug-likeness (QED) is 0.790. The molecule has 4 nitrogen and oxygen atoms in total. The summed E-state index contributed by atoms with van der Waals surface area (Å²) in [6.07, 6.45) is 1.22. The van der Waals surface area contributed by atoms with Crippen molar-refractivity contribution in [1.82, 2.24) is 0 Å². The standard InChI is InChI=1S/C20H22ClNO3S/c1-3-15-6-4-5-14(2)19(15)22(18-11-12-26(24,25)13-18)20(23)16-7-9-17(21)10-8-16/h4-10,18H,3,11-13H2,1-2H3. The van der Waals surface area contributed by atoms with Crippen molar-refractivity contribution in [1.29, 1.82) is 0 Å². The van der Waals surface area contributed by atoms with Crippen LogP contribution >= 0.6 is 11.6 Å². The van der Waals surface area contributed by atoms with E-state index in [0.717, 1.165) is 23.2 Å². The Balaban J connectivity index is 2.11. The van der Waals surface area contributed by atoms with Gasteiger partial charge in [-0.05, 0) is 55.2 Å². The lowest BCUT2D eigenvalue weighted by molar-refractivity contribution is 0.0978. The fraction of sp³-hybridized carbons (Fsp3) is 0.350. The van der Waals surface area contributed by atoms with Crippen LogP contribution in [-0.2, 0) is 16.3 Å². The van der Waals surface area contributed by atoms with Crippen LogP contribution < -0.4 is 4.90 Å². The molecule has 0 N–H and O–H groups in total. The van der Waals surface area contributed by atoms with Crippen molar-refractivity contribution in [3.63, 3.8) is 0 Å². The third kappa shape index (κ3) is 3.79. The van der Waals surface area contributed by atoms with Crippen LogP contribution in [0.5, 0.6) is 0 Å². The fourth-order valence-electron chi connectivity index (χ4n) is 3.51. The Labute approximate surface area is 159 Å². The van der Waals surface area contributed by atoms with E-state index in [2.05, 4.69) is 0 Å². The van der Waals surface area contributed by atoms with Gasteiger partial charge in [-0.25, -0.2) is 8.42 Å². The zero-order valence-corrected chi connectivity index (χ0v) is 16.5. The second kappa shape index (κ2) is 7.41. The molecule has 1 saturated heterocycles. The fourth-order valence-corrected chi connectivity index (χ4v) is 5.34. The number of amides is 1. The Morgan fingerprint density at radius 2 is 1.88 bits per heavy atom. The molecule has 6 heteroatoms. The zero-order valence-electron chi connectivity index (χ0n) is 14.9. The number of nitrogens with zero attached hydrogens (tertiary/aromatic N) is 1. The van der Waals surface area contributed by atoms with Gasteiger partial charge < -0.3 is 4.90 Å². The van der Waals surface area contributed by atoms with E-state index in [0.29, 0.717) is 17.0 Å². The number of para-hydroxylation sites is 1. The van der Waals surface area contributed by atoms with Crippen LogP contribution in [0.25, 0.3) is 0 Å². The SMILES string of the molecule is CCc1cccc(C)c1N(C(=O)c1ccc(Cl)cc1)C1CCS(=O)(=O)C1. The van der Waals surface area contributed by atoms with Crippen LogP contribution in [-0.4, -0.2) is 31.9 Å². The Bertz CT molecular complexity index is 923. The van der Waals surface area contributed by atoms with E-state index in [1.165, 1.54) is 0 Å². The molecule has 1 aliphatic heterocycles. The van der Waals surface area contributed by atoms with E-state index in [4.69, 9.17) is 11.6 Å². The number of hydrogen-bond acceptors (Lipinski definition) is 3. The van der Waals surface area contributed by atoms with Gasteiger partial charge in [0.1, 0.15) is 0 Å². The third-order valence-corrected chi connectivity index (χ3v) is 6.83. The van der Waals surface area contributed by atoms with Gasteiger partial charge in [-0.1, -0.05) is 36.7 Å². The van der Waals surface area contributed by atoms with E-state index < -0.39 is 9.84 Å². The molecular formula is C20H22ClNO3S. The molecule has 0 saturated carbocycles. The van der Waals surface area contributed by atoms with Crippen LogP contribution in [0.3, 0.4) is 0 Å². The zero-order chi connectivity index (χ0) is 18.9. The summed E-state index contributed by atoms with van der Waals surface area (Å²) >= 11 is 5.95. The van der Waals surface area contributed by atoms with Gasteiger partial charge in [-0.15, -0.1) is 0 Å². The Morgan fingerprint density at radius 3 is 2.46 bits per heavy atom. The molecule has 26 heavy (non-hydrogen) atoms. The number of anilines is 1. The van der Waals surface area contributed by atoms with Crippen molar-refractivity contribution in [3.8, 4) is 0 Å². The lowest BCUT2D eigenvalue weighted by Crippen LogP contribution is -2.42. The number of aryl methyl sites for hydroxylation is 2. The van der Waals surface area contributed by atoms with E-state index in [-0.39, 0.29) is 23.5 Å². The lowest BCUT2D eigenvalue weighted by atomic mass is 10.0. The van der Waals surface area contributed by atoms with Crippen molar-refractivity contribution in [2.45, 2.75) is 32.7 Å². The Hall–Kier alpha value is -1.85. The second-order valence-corrected chi connectivity index (χ2v) is 9.34. The van der Waals surface area contributed by atoms with Gasteiger partial charge in [0.2, 0.25) is 0 Å². The van der Waals surface area contributed by atoms with Crippen molar-refractivity contribution < 1.29 is 13.2 Å². The van der Waals surface area contributed by atoms with Crippen molar-refractivity contribution in [3.05, 3.63) is 64.2 Å². The molecule has 1 unspecified atom stereocenters. The highest BCUT2D eigenvalue weighted by molar-refractivity contribution is 7.91. The summed E-state index contributed by atoms with van der Waals surface area (Å²) in [6.45, 7) is 3.99. The molecule has 0 aromatic heterocycles. The highest BCUT2D eigenvalue weighted by atomic mass is 35.5. The number of sulfone groups is 1. The minimum Gasteiger partial charge on any atom is -0.304 e. The van der Waals surface area contributed by atoms with Crippen molar-refractivity contribution in [2.75, 3.05) is 16.4 Å². The summed E-state index contributed by atoms with van der Waals surface area (Å²) in [5.41, 5.74) is 3.34. The van der Waals surface area contributed by atoms with Crippen LogP contribution in [0.15, 0.2) is 42.5 Å². The maximum absolute atomic E-state index is 13.4. The highest BCUT2D eigenvalue weighted by Gasteiger charge is 2.37. The summed E-state index contributed by atoms with van der Waals surface area (Å²) in [4.78, 5) is 15.1. The first-order valence-electron chi connectivity index (χ1n) is 8.70. The van der Waals surface area contributed by atoms with Crippen LogP contribution in [0.1, 0.15) is 34.8 Å². The lowest BCUT2D eigenvalue weighted by Gasteiger charge is -2.32. The molecule has 2 aromatic rings. The second-order valence-electron chi connectivity index (χ2n) is 6.68. The average Bonchev–Trinajstić information content (AvgIpc) is 2.96. The summed E-state index contributed by atoms with van der Waals surface area (Å²) < 4.78 is 24.1. The number of carbonyl (C=O) groups excluding carboxylic acids is 1. The summed E-state index contributed by atoms with van der Waals surface area (Å²) in [6, 6.07) is 12.3. The topological polar surface area (TPSA) is 54.5 Å². The first-order valence-corrected chi connectivity index (χ1v) is 10.9. The minimum absolute atomic E-state index is 0.00379. The van der Waals surface area contributed by atoms with E-state index in [1.54, 1.807) is 29.2 Å². The molecule has 1 atom stereocenters. The number of carbonyl (C=O) groups is 1. The van der Waals surface area contributed by atoms with Gasteiger partial charge in [0.15, 0.2) is 9.84 Å². The number of benzene rings is 2. The first-order chi connectivity index (χ1) is 12.3. The molecule has 1 aliphatic rings. The molecule has 3 rings (SSSR count). The average molecular weight is 392 g/mol. The van der Waals surface area contributed by atoms with Crippen molar-refractivity contribution >= 4 is 33.0 Å². The molecule has 1 amide bonds. The molecule has 1 heterocycles. The number of halogens is 1. The third-order valence-electron chi connectivity index (χ3n) is 4.83. The van der Waals surface area contributed by atoms with Crippen LogP contribution in [0.2, 0.25) is 5.02 Å². The molecule has 2 aromatic carbocycles. The molecule has 138 valence electrons. The molecule has 1 fully saturated rings. The molecule has 0 radical (unpaired) electrons. The predicted octanol–water partition coefficient (Wildman–Crippen LogP) is 4.04. The smallest absolute Gasteiger partial charge is 0.258 e. The Morgan fingerprint density at radius 1 is 1.19 bits per heavy atom. The van der Waals surface area contributed by atoms with Gasteiger partial charge in [0.25, 0.3) is 5.91 Å². The van der Waals surface area contributed by atoms with Gasteiger partial charge in [0, 0.05) is 10.6 Å². The van der Waals surface area contributed by atoms with E-state index in [1.807, 2.05) is 32.0 Å². The predicted molar refractivity (Wildman–Crippen MR) is 106 cm³/mol. The highest BCUT2D eigenvalue weighted by Crippen LogP contribution is 2.32. The van der Waals surface area contributed by atoms with Gasteiger partial charge in [0.05, 0.1) is 23.2 Å². The van der Waals surface area contributed by atoms with Crippen LogP contribution in [0.4, 0.5) is 5.69 Å². The first kappa shape index (κ1) is 18.9. The van der Waals surface area contributed by atoms with Crippen LogP contribution in [0, 0.1) is 6.92 Å². The van der Waals surface area contributed by atoms with Gasteiger partial charge in [-0.2, -0.15) is 0 Å². The summed E-state index contributed by atoms with van der Waals surface area (Å²) in [7, 11) is -3.12. The van der Waals surface area contributed by atoms with E-state index >= 15 is 0 Å². The van der Waals surface area contributed by atoms with Gasteiger partial charge in [-0.3, -0.25) is 4.79 Å². The maximum atomic E-state index is 13.4. The van der Waals surface area contributed by atoms with Crippen molar-refractivity contribution in [2.24, 2.45) is 0 Å². The molecule has 0 aliphatic carbocycles.